The van der Waals surface area contributed by atoms with E-state index < -0.39 is 0 Å². The molecule has 6 heteroatoms. The topological polar surface area (TPSA) is 33.4 Å². The van der Waals surface area contributed by atoms with E-state index in [1.165, 1.54) is 57.1 Å². The van der Waals surface area contributed by atoms with Crippen molar-refractivity contribution in [1.29, 1.82) is 0 Å². The van der Waals surface area contributed by atoms with E-state index in [0.29, 0.717) is 0 Å². The summed E-state index contributed by atoms with van der Waals surface area (Å²) in [4.78, 5) is 18.1. The van der Waals surface area contributed by atoms with Gasteiger partial charge in [-0.05, 0) is 62.2 Å². The third-order valence-corrected chi connectivity index (χ3v) is 7.83. The van der Waals surface area contributed by atoms with Crippen LogP contribution in [0.25, 0.3) is 11.0 Å². The van der Waals surface area contributed by atoms with E-state index in [9.17, 15) is 9.18 Å². The summed E-state index contributed by atoms with van der Waals surface area (Å²) >= 11 is 0. The minimum absolute atomic E-state index is 0.150. The van der Waals surface area contributed by atoms with Crippen molar-refractivity contribution in [1.82, 2.24) is 14.0 Å². The summed E-state index contributed by atoms with van der Waals surface area (Å²) in [5.41, 5.74) is 3.40. The predicted octanol–water partition coefficient (Wildman–Crippen LogP) is 6.69. The molecule has 3 aromatic rings. The van der Waals surface area contributed by atoms with Gasteiger partial charge in [-0.2, -0.15) is 0 Å². The summed E-state index contributed by atoms with van der Waals surface area (Å²) in [5.74, 6) is -0.183. The van der Waals surface area contributed by atoms with Crippen molar-refractivity contribution in [2.24, 2.45) is 0 Å². The maximum absolute atomic E-state index is 13.3. The van der Waals surface area contributed by atoms with Crippen LogP contribution in [-0.2, 0) is 13.1 Å². The van der Waals surface area contributed by atoms with Crippen molar-refractivity contribution < 1.29 is 4.39 Å². The molecule has 0 aliphatic carbocycles. The lowest BCUT2D eigenvalue weighted by atomic mass is 10.1. The molecule has 0 radical (unpaired) electrons. The number of halogens is 1. The first-order valence-corrected chi connectivity index (χ1v) is 14.6. The molecule has 5 nitrogen and oxygen atoms in total. The summed E-state index contributed by atoms with van der Waals surface area (Å²) in [6, 6.07) is 15.1. The number of imidazole rings is 1. The Bertz CT molecular complexity index is 1130. The Morgan fingerprint density at radius 3 is 1.76 bits per heavy atom. The van der Waals surface area contributed by atoms with Crippen LogP contribution < -0.4 is 10.6 Å². The standard InChI is InChI=1S/C31H45FN4O/c1-2-3-4-5-6-7-8-11-21-35-29-14-9-10-15-30(29)36(31(35)37)22-13-12-20-33-23-25-34(26-24-33)28-18-16-27(32)17-19-28/h9-10,14-19H,2-8,11-13,20-26H2,1H3. The number of hydrogen-bond acceptors (Lipinski definition) is 3. The first kappa shape index (κ1) is 27.4. The zero-order chi connectivity index (χ0) is 25.9. The molecule has 0 N–H and O–H groups in total. The van der Waals surface area contributed by atoms with Crippen LogP contribution in [0.5, 0.6) is 0 Å². The van der Waals surface area contributed by atoms with E-state index in [1.807, 2.05) is 33.4 Å². The van der Waals surface area contributed by atoms with E-state index in [-0.39, 0.29) is 11.5 Å². The largest absolute Gasteiger partial charge is 0.369 e. The van der Waals surface area contributed by atoms with Gasteiger partial charge in [0.15, 0.2) is 0 Å². The fourth-order valence-corrected chi connectivity index (χ4v) is 5.60. The van der Waals surface area contributed by atoms with Gasteiger partial charge in [-0.3, -0.25) is 14.0 Å². The first-order valence-electron chi connectivity index (χ1n) is 14.6. The van der Waals surface area contributed by atoms with Gasteiger partial charge in [-0.25, -0.2) is 9.18 Å². The zero-order valence-corrected chi connectivity index (χ0v) is 22.7. The lowest BCUT2D eigenvalue weighted by molar-refractivity contribution is 0.251. The fourth-order valence-electron chi connectivity index (χ4n) is 5.60. The van der Waals surface area contributed by atoms with Gasteiger partial charge < -0.3 is 4.90 Å². The minimum Gasteiger partial charge on any atom is -0.369 e. The highest BCUT2D eigenvalue weighted by molar-refractivity contribution is 5.75. The molecule has 1 aromatic heterocycles. The van der Waals surface area contributed by atoms with Crippen LogP contribution in [0.4, 0.5) is 10.1 Å². The number of benzene rings is 2. The SMILES string of the molecule is CCCCCCCCCCn1c(=O)n(CCCCN2CCN(c3ccc(F)cc3)CC2)c2ccccc21. The van der Waals surface area contributed by atoms with E-state index in [0.717, 1.165) is 81.8 Å². The van der Waals surface area contributed by atoms with Crippen LogP contribution in [0.2, 0.25) is 0 Å². The highest BCUT2D eigenvalue weighted by Crippen LogP contribution is 2.18. The monoisotopic (exact) mass is 508 g/mol. The van der Waals surface area contributed by atoms with E-state index in [1.54, 1.807) is 0 Å². The molecule has 1 saturated heterocycles. The smallest absolute Gasteiger partial charge is 0.329 e. The maximum atomic E-state index is 13.3. The Kier molecular flexibility index (Phi) is 10.7. The van der Waals surface area contributed by atoms with Gasteiger partial charge in [-0.1, -0.05) is 64.0 Å². The Morgan fingerprint density at radius 2 is 1.16 bits per heavy atom. The molecule has 0 amide bonds. The predicted molar refractivity (Wildman–Crippen MR) is 153 cm³/mol. The molecule has 2 aromatic carbocycles. The van der Waals surface area contributed by atoms with Gasteiger partial charge in [-0.15, -0.1) is 0 Å². The van der Waals surface area contributed by atoms with Crippen molar-refractivity contribution in [2.45, 2.75) is 84.2 Å². The number of piperazine rings is 1. The third-order valence-electron chi connectivity index (χ3n) is 7.83. The van der Waals surface area contributed by atoms with Crippen molar-refractivity contribution in [3.63, 3.8) is 0 Å². The number of aromatic nitrogens is 2. The molecule has 0 atom stereocenters. The van der Waals surface area contributed by atoms with Gasteiger partial charge >= 0.3 is 5.69 Å². The van der Waals surface area contributed by atoms with Crippen molar-refractivity contribution in [2.75, 3.05) is 37.6 Å². The van der Waals surface area contributed by atoms with Crippen LogP contribution in [-0.4, -0.2) is 46.8 Å². The Morgan fingerprint density at radius 1 is 0.649 bits per heavy atom. The molecular weight excluding hydrogens is 463 g/mol. The molecular formula is C31H45FN4O. The Balaban J connectivity index is 1.21. The van der Waals surface area contributed by atoms with Gasteiger partial charge in [0.2, 0.25) is 0 Å². The van der Waals surface area contributed by atoms with Crippen molar-refractivity contribution >= 4 is 16.7 Å². The molecule has 0 unspecified atom stereocenters. The van der Waals surface area contributed by atoms with Crippen LogP contribution in [0.15, 0.2) is 53.3 Å². The van der Waals surface area contributed by atoms with Gasteiger partial charge in [0.25, 0.3) is 0 Å². The number of anilines is 1. The normalized spacial score (nSPS) is 14.6. The summed E-state index contributed by atoms with van der Waals surface area (Å²) in [6.45, 7) is 8.90. The average molecular weight is 509 g/mol. The third kappa shape index (κ3) is 7.70. The number of rotatable bonds is 15. The Labute approximate surface area is 221 Å². The molecule has 0 bridgehead atoms. The molecule has 202 valence electrons. The number of unbranched alkanes of at least 4 members (excludes halogenated alkanes) is 8. The summed E-state index contributed by atoms with van der Waals surface area (Å²) in [6.07, 6.45) is 12.3. The number of fused-ring (bicyclic) bond motifs is 1. The van der Waals surface area contributed by atoms with Crippen LogP contribution in [0.1, 0.15) is 71.1 Å². The first-order chi connectivity index (χ1) is 18.2. The second-order valence-corrected chi connectivity index (χ2v) is 10.6. The summed E-state index contributed by atoms with van der Waals surface area (Å²) in [7, 11) is 0. The lowest BCUT2D eigenvalue weighted by Gasteiger charge is -2.36. The van der Waals surface area contributed by atoms with Crippen LogP contribution in [0, 0.1) is 5.82 Å². The van der Waals surface area contributed by atoms with Crippen molar-refractivity contribution in [3.8, 4) is 0 Å². The highest BCUT2D eigenvalue weighted by atomic mass is 19.1. The fraction of sp³-hybridized carbons (Fsp3) is 0.581. The van der Waals surface area contributed by atoms with Gasteiger partial charge in [0.05, 0.1) is 11.0 Å². The molecule has 0 saturated carbocycles. The van der Waals surface area contributed by atoms with Crippen LogP contribution in [0.3, 0.4) is 0 Å². The number of nitrogens with zero attached hydrogens (tertiary/aromatic N) is 4. The van der Waals surface area contributed by atoms with E-state index in [2.05, 4.69) is 28.9 Å². The summed E-state index contributed by atoms with van der Waals surface area (Å²) < 4.78 is 17.2. The summed E-state index contributed by atoms with van der Waals surface area (Å²) in [5, 5.41) is 0. The second-order valence-electron chi connectivity index (χ2n) is 10.6. The molecule has 1 fully saturated rings. The molecule has 0 spiro atoms. The highest BCUT2D eigenvalue weighted by Gasteiger charge is 2.17. The molecule has 2 heterocycles. The molecule has 1 aliphatic rings. The maximum Gasteiger partial charge on any atom is 0.329 e. The molecule has 1 aliphatic heterocycles. The van der Waals surface area contributed by atoms with Crippen molar-refractivity contribution in [3.05, 3.63) is 64.8 Å². The minimum atomic E-state index is -0.183. The lowest BCUT2D eigenvalue weighted by Crippen LogP contribution is -2.46. The number of aryl methyl sites for hydroxylation is 2. The van der Waals surface area contributed by atoms with E-state index >= 15 is 0 Å². The van der Waals surface area contributed by atoms with Gasteiger partial charge in [0, 0.05) is 45.0 Å². The molecule has 4 rings (SSSR count). The molecule has 37 heavy (non-hydrogen) atoms. The number of hydrogen-bond donors (Lipinski definition) is 0. The quantitative estimate of drug-likeness (QED) is 0.215. The van der Waals surface area contributed by atoms with Gasteiger partial charge in [0.1, 0.15) is 5.82 Å². The van der Waals surface area contributed by atoms with Crippen LogP contribution >= 0.6 is 0 Å². The average Bonchev–Trinajstić information content (AvgIpc) is 3.19. The Hall–Kier alpha value is -2.60. The zero-order valence-electron chi connectivity index (χ0n) is 22.7. The number of para-hydroxylation sites is 2. The second kappa shape index (κ2) is 14.4. The van der Waals surface area contributed by atoms with E-state index in [4.69, 9.17) is 0 Å².